The van der Waals surface area contributed by atoms with E-state index in [4.69, 9.17) is 4.74 Å². The van der Waals surface area contributed by atoms with E-state index in [2.05, 4.69) is 16.7 Å². The summed E-state index contributed by atoms with van der Waals surface area (Å²) in [6.45, 7) is 8.35. The molecule has 4 heteroatoms. The van der Waals surface area contributed by atoms with Gasteiger partial charge >= 0.3 is 6.03 Å². The summed E-state index contributed by atoms with van der Waals surface area (Å²) in [4.78, 5) is 11.5. The SMILES string of the molecule is COc1c(C)cc(C)cc1CNC(=O)NC(C)C. The van der Waals surface area contributed by atoms with Crippen LogP contribution in [0.2, 0.25) is 0 Å². The summed E-state index contributed by atoms with van der Waals surface area (Å²) in [5, 5.41) is 5.62. The van der Waals surface area contributed by atoms with Gasteiger partial charge in [-0.3, -0.25) is 0 Å². The van der Waals surface area contributed by atoms with Gasteiger partial charge in [-0.15, -0.1) is 0 Å². The van der Waals surface area contributed by atoms with Crippen LogP contribution < -0.4 is 15.4 Å². The monoisotopic (exact) mass is 250 g/mol. The average molecular weight is 250 g/mol. The molecule has 0 unspecified atom stereocenters. The van der Waals surface area contributed by atoms with Crippen molar-refractivity contribution in [3.63, 3.8) is 0 Å². The molecule has 18 heavy (non-hydrogen) atoms. The topological polar surface area (TPSA) is 50.4 Å². The summed E-state index contributed by atoms with van der Waals surface area (Å²) in [7, 11) is 1.65. The minimum absolute atomic E-state index is 0.131. The largest absolute Gasteiger partial charge is 0.496 e. The van der Waals surface area contributed by atoms with Gasteiger partial charge in [0.2, 0.25) is 0 Å². The number of hydrogen-bond acceptors (Lipinski definition) is 2. The standard InChI is InChI=1S/C14H22N2O2/c1-9(2)16-14(17)15-8-12-7-10(3)6-11(4)13(12)18-5/h6-7,9H,8H2,1-5H3,(H2,15,16,17). The fourth-order valence-corrected chi connectivity index (χ4v) is 1.95. The molecule has 4 nitrogen and oxygen atoms in total. The van der Waals surface area contributed by atoms with E-state index in [0.29, 0.717) is 6.54 Å². The zero-order chi connectivity index (χ0) is 13.7. The van der Waals surface area contributed by atoms with Gasteiger partial charge in [0.15, 0.2) is 0 Å². The molecule has 100 valence electrons. The summed E-state index contributed by atoms with van der Waals surface area (Å²) in [6, 6.07) is 4.07. The summed E-state index contributed by atoms with van der Waals surface area (Å²) in [6.07, 6.45) is 0. The number of nitrogens with one attached hydrogen (secondary N) is 2. The average Bonchev–Trinajstić information content (AvgIpc) is 2.24. The molecule has 0 spiro atoms. The number of methoxy groups -OCH3 is 1. The highest BCUT2D eigenvalue weighted by molar-refractivity contribution is 5.74. The second kappa shape index (κ2) is 6.28. The number of aryl methyl sites for hydroxylation is 2. The van der Waals surface area contributed by atoms with Crippen LogP contribution >= 0.6 is 0 Å². The summed E-state index contributed by atoms with van der Waals surface area (Å²) < 4.78 is 5.37. The lowest BCUT2D eigenvalue weighted by Gasteiger charge is -2.14. The highest BCUT2D eigenvalue weighted by atomic mass is 16.5. The number of carbonyl (C=O) groups is 1. The van der Waals surface area contributed by atoms with Crippen LogP contribution in [0.25, 0.3) is 0 Å². The van der Waals surface area contributed by atoms with Crippen molar-refractivity contribution in [2.24, 2.45) is 0 Å². The summed E-state index contributed by atoms with van der Waals surface area (Å²) in [5.41, 5.74) is 3.24. The molecule has 0 aliphatic rings. The van der Waals surface area contributed by atoms with Crippen LogP contribution in [-0.2, 0) is 6.54 Å². The van der Waals surface area contributed by atoms with E-state index in [1.54, 1.807) is 7.11 Å². The van der Waals surface area contributed by atoms with Crippen molar-refractivity contribution in [1.29, 1.82) is 0 Å². The molecule has 0 fully saturated rings. The van der Waals surface area contributed by atoms with E-state index >= 15 is 0 Å². The van der Waals surface area contributed by atoms with Gasteiger partial charge in [0.05, 0.1) is 7.11 Å². The molecule has 0 atom stereocenters. The molecule has 1 aromatic rings. The van der Waals surface area contributed by atoms with Crippen molar-refractivity contribution >= 4 is 6.03 Å². The molecule has 1 aromatic carbocycles. The smallest absolute Gasteiger partial charge is 0.315 e. The van der Waals surface area contributed by atoms with Crippen molar-refractivity contribution in [3.05, 3.63) is 28.8 Å². The van der Waals surface area contributed by atoms with Gasteiger partial charge in [0.1, 0.15) is 5.75 Å². The van der Waals surface area contributed by atoms with Crippen molar-refractivity contribution in [1.82, 2.24) is 10.6 Å². The normalized spacial score (nSPS) is 10.3. The van der Waals surface area contributed by atoms with Gasteiger partial charge in [-0.05, 0) is 33.3 Å². The third kappa shape index (κ3) is 3.95. The van der Waals surface area contributed by atoms with Crippen LogP contribution in [0, 0.1) is 13.8 Å². The number of benzene rings is 1. The zero-order valence-electron chi connectivity index (χ0n) is 11.8. The molecule has 0 bridgehead atoms. The molecule has 1 rings (SSSR count). The Labute approximate surface area is 109 Å². The number of hydrogen-bond donors (Lipinski definition) is 2. The molecule has 0 saturated carbocycles. The third-order valence-electron chi connectivity index (χ3n) is 2.56. The maximum atomic E-state index is 11.5. The van der Waals surface area contributed by atoms with Gasteiger partial charge in [-0.25, -0.2) is 4.79 Å². The van der Waals surface area contributed by atoms with E-state index in [1.807, 2.05) is 33.8 Å². The Kier molecular flexibility index (Phi) is 5.01. The van der Waals surface area contributed by atoms with Crippen molar-refractivity contribution in [2.45, 2.75) is 40.3 Å². The predicted octanol–water partition coefficient (Wildman–Crippen LogP) is 2.52. The first-order valence-electron chi connectivity index (χ1n) is 6.12. The van der Waals surface area contributed by atoms with E-state index in [-0.39, 0.29) is 12.1 Å². The first-order chi connectivity index (χ1) is 8.43. The lowest BCUT2D eigenvalue weighted by atomic mass is 10.1. The molecule has 2 N–H and O–H groups in total. The number of carbonyl (C=O) groups excluding carboxylic acids is 1. The first kappa shape index (κ1) is 14.4. The Morgan fingerprint density at radius 2 is 2.00 bits per heavy atom. The zero-order valence-corrected chi connectivity index (χ0v) is 11.8. The van der Waals surface area contributed by atoms with E-state index < -0.39 is 0 Å². The van der Waals surface area contributed by atoms with E-state index in [0.717, 1.165) is 22.4 Å². The Balaban J connectivity index is 2.75. The Hall–Kier alpha value is -1.71. The van der Waals surface area contributed by atoms with Gasteiger partial charge < -0.3 is 15.4 Å². The minimum atomic E-state index is -0.161. The molecule has 0 aliphatic carbocycles. The molecule has 0 aliphatic heterocycles. The van der Waals surface area contributed by atoms with E-state index in [1.165, 1.54) is 0 Å². The fourth-order valence-electron chi connectivity index (χ4n) is 1.95. The third-order valence-corrected chi connectivity index (χ3v) is 2.56. The fraction of sp³-hybridized carbons (Fsp3) is 0.500. The van der Waals surface area contributed by atoms with Crippen molar-refractivity contribution in [2.75, 3.05) is 7.11 Å². The number of urea groups is 1. The Morgan fingerprint density at radius 1 is 1.33 bits per heavy atom. The van der Waals surface area contributed by atoms with Crippen LogP contribution in [0.1, 0.15) is 30.5 Å². The maximum Gasteiger partial charge on any atom is 0.315 e. The van der Waals surface area contributed by atoms with Crippen LogP contribution in [-0.4, -0.2) is 19.2 Å². The second-order valence-electron chi connectivity index (χ2n) is 4.76. The molecule has 0 saturated heterocycles. The molecular formula is C14H22N2O2. The molecular weight excluding hydrogens is 228 g/mol. The molecule has 0 aromatic heterocycles. The first-order valence-corrected chi connectivity index (χ1v) is 6.12. The minimum Gasteiger partial charge on any atom is -0.496 e. The second-order valence-corrected chi connectivity index (χ2v) is 4.76. The molecule has 0 heterocycles. The number of amides is 2. The molecule has 2 amide bonds. The van der Waals surface area contributed by atoms with Crippen molar-refractivity contribution in [3.8, 4) is 5.75 Å². The Bertz CT molecular complexity index is 428. The highest BCUT2D eigenvalue weighted by Crippen LogP contribution is 2.24. The van der Waals surface area contributed by atoms with E-state index in [9.17, 15) is 4.79 Å². The van der Waals surface area contributed by atoms with Gasteiger partial charge in [0.25, 0.3) is 0 Å². The lowest BCUT2D eigenvalue weighted by Crippen LogP contribution is -2.39. The highest BCUT2D eigenvalue weighted by Gasteiger charge is 2.09. The van der Waals surface area contributed by atoms with Crippen LogP contribution in [0.15, 0.2) is 12.1 Å². The quantitative estimate of drug-likeness (QED) is 0.862. The summed E-state index contributed by atoms with van der Waals surface area (Å²) in [5.74, 6) is 0.838. The molecule has 0 radical (unpaired) electrons. The van der Waals surface area contributed by atoms with Gasteiger partial charge in [0, 0.05) is 18.2 Å². The van der Waals surface area contributed by atoms with Gasteiger partial charge in [-0.2, -0.15) is 0 Å². The van der Waals surface area contributed by atoms with Crippen LogP contribution in [0.3, 0.4) is 0 Å². The predicted molar refractivity (Wildman–Crippen MR) is 73.0 cm³/mol. The number of rotatable bonds is 4. The van der Waals surface area contributed by atoms with Crippen molar-refractivity contribution < 1.29 is 9.53 Å². The summed E-state index contributed by atoms with van der Waals surface area (Å²) >= 11 is 0. The van der Waals surface area contributed by atoms with Crippen LogP contribution in [0.4, 0.5) is 4.79 Å². The van der Waals surface area contributed by atoms with Crippen LogP contribution in [0.5, 0.6) is 5.75 Å². The van der Waals surface area contributed by atoms with Gasteiger partial charge in [-0.1, -0.05) is 17.7 Å². The Morgan fingerprint density at radius 3 is 2.56 bits per heavy atom. The lowest BCUT2D eigenvalue weighted by molar-refractivity contribution is 0.238. The maximum absolute atomic E-state index is 11.5. The number of ether oxygens (including phenoxy) is 1.